The second kappa shape index (κ2) is 16.5. The molecule has 6 aliphatic rings. The van der Waals surface area contributed by atoms with Gasteiger partial charge in [0.15, 0.2) is 5.82 Å². The number of pyridine rings is 1. The second-order valence-corrected chi connectivity index (χ2v) is 19.4. The summed E-state index contributed by atoms with van der Waals surface area (Å²) in [4.78, 5) is 40.2. The minimum absolute atomic E-state index is 0.144. The maximum Gasteiger partial charge on any atom is 0.328 e. The molecule has 334 valence electrons. The number of nitrogens with two attached hydrogens (primary N) is 1. The highest BCUT2D eigenvalue weighted by atomic mass is 19.1. The molecule has 2 bridgehead atoms. The van der Waals surface area contributed by atoms with Crippen molar-refractivity contribution in [1.82, 2.24) is 30.0 Å². The Morgan fingerprint density at radius 2 is 1.55 bits per heavy atom. The van der Waals surface area contributed by atoms with Gasteiger partial charge in [-0.15, -0.1) is 10.2 Å². The van der Waals surface area contributed by atoms with Crippen molar-refractivity contribution in [2.75, 3.05) is 77.7 Å². The molecule has 14 nitrogen and oxygen atoms in total. The lowest BCUT2D eigenvalue weighted by atomic mass is 9.67. The van der Waals surface area contributed by atoms with Gasteiger partial charge in [-0.05, 0) is 137 Å². The van der Waals surface area contributed by atoms with Gasteiger partial charge in [0.05, 0.1) is 29.0 Å². The van der Waals surface area contributed by atoms with Crippen LogP contribution in [0.15, 0.2) is 73.1 Å². The summed E-state index contributed by atoms with van der Waals surface area (Å²) >= 11 is 0. The van der Waals surface area contributed by atoms with Crippen molar-refractivity contribution in [2.24, 2.45) is 11.3 Å². The number of carbonyl (C=O) groups is 2. The maximum atomic E-state index is 15.6. The lowest BCUT2D eigenvalue weighted by Gasteiger charge is -2.47. The highest BCUT2D eigenvalue weighted by Gasteiger charge is 2.42. The number of phenolic OH excluding ortho intramolecular Hbond substituents is 1. The zero-order valence-corrected chi connectivity index (χ0v) is 36.4. The van der Waals surface area contributed by atoms with Gasteiger partial charge < -0.3 is 35.0 Å². The number of anilines is 5. The van der Waals surface area contributed by atoms with E-state index in [4.69, 9.17) is 10.7 Å². The third-order valence-corrected chi connectivity index (χ3v) is 15.7. The fourth-order valence-electron chi connectivity index (χ4n) is 12.1. The van der Waals surface area contributed by atoms with Gasteiger partial charge in [-0.25, -0.2) is 14.2 Å². The number of nitrogens with zero attached hydrogens (tertiary/aromatic N) is 9. The zero-order valence-electron chi connectivity index (χ0n) is 36.4. The van der Waals surface area contributed by atoms with Crippen LogP contribution in [0.4, 0.5) is 37.8 Å². The first kappa shape index (κ1) is 40.8. The summed E-state index contributed by atoms with van der Waals surface area (Å²) in [5.41, 5.74) is 12.4. The van der Waals surface area contributed by atoms with Crippen LogP contribution in [0.3, 0.4) is 0 Å². The molecule has 5 aromatic rings. The molecule has 5 saturated heterocycles. The Kier molecular flexibility index (Phi) is 10.5. The van der Waals surface area contributed by atoms with Gasteiger partial charge in [0, 0.05) is 86.6 Å². The number of rotatable bonds is 8. The third-order valence-electron chi connectivity index (χ3n) is 15.7. The van der Waals surface area contributed by atoms with E-state index in [0.29, 0.717) is 47.4 Å². The van der Waals surface area contributed by atoms with Crippen molar-refractivity contribution in [3.8, 4) is 17.0 Å². The number of amides is 3. The van der Waals surface area contributed by atoms with Crippen molar-refractivity contribution >= 4 is 51.5 Å². The van der Waals surface area contributed by atoms with E-state index in [1.54, 1.807) is 29.3 Å². The largest absolute Gasteiger partial charge is 0.507 e. The molecule has 15 heteroatoms. The summed E-state index contributed by atoms with van der Waals surface area (Å²) in [5.74, 6) is 0.789. The number of piperidine rings is 2. The molecule has 8 heterocycles. The number of benzene rings is 2. The van der Waals surface area contributed by atoms with Gasteiger partial charge >= 0.3 is 6.03 Å². The SMILES string of the molecule is Nc1nnc(-c2ccccc2O)cc1N1CC2CCC(C1)N2c1ccc(F)c(N2CCC(CN3CCC4(CCC(n5ccc6cc(N7CCC(=O)NC7=O)cnc65)CC4)CC3)CC2)c1. The molecule has 11 rings (SSSR count). The summed E-state index contributed by atoms with van der Waals surface area (Å²) in [6, 6.07) is 19.5. The molecule has 5 aliphatic heterocycles. The molecule has 2 atom stereocenters. The number of piperazine rings is 1. The number of fused-ring (bicyclic) bond motifs is 3. The Bertz CT molecular complexity index is 2540. The van der Waals surface area contributed by atoms with E-state index in [1.165, 1.54) is 25.7 Å². The third kappa shape index (κ3) is 7.64. The van der Waals surface area contributed by atoms with Crippen molar-refractivity contribution in [3.63, 3.8) is 0 Å². The number of urea groups is 1. The van der Waals surface area contributed by atoms with Crippen LogP contribution in [0.25, 0.3) is 22.3 Å². The lowest BCUT2D eigenvalue weighted by molar-refractivity contribution is -0.120. The number of likely N-dealkylation sites (tertiary alicyclic amines) is 1. The molecule has 3 aromatic heterocycles. The van der Waals surface area contributed by atoms with Crippen LogP contribution in [-0.2, 0) is 4.79 Å². The molecule has 1 saturated carbocycles. The average molecular weight is 868 g/mol. The van der Waals surface area contributed by atoms with E-state index in [-0.39, 0.29) is 35.6 Å². The Balaban J connectivity index is 0.664. The van der Waals surface area contributed by atoms with Crippen molar-refractivity contribution in [2.45, 2.75) is 88.8 Å². The first-order chi connectivity index (χ1) is 31.2. The number of hydrogen-bond donors (Lipinski definition) is 3. The van der Waals surface area contributed by atoms with Crippen LogP contribution in [0, 0.1) is 17.2 Å². The number of imide groups is 1. The Labute approximate surface area is 373 Å². The fraction of sp³-hybridized carbons (Fsp3) is 0.490. The number of phenols is 1. The summed E-state index contributed by atoms with van der Waals surface area (Å²) in [7, 11) is 0. The number of aromatic nitrogens is 4. The summed E-state index contributed by atoms with van der Waals surface area (Å²) in [5, 5.41) is 22.5. The van der Waals surface area contributed by atoms with Crippen LogP contribution in [0.2, 0.25) is 0 Å². The summed E-state index contributed by atoms with van der Waals surface area (Å²) in [6.07, 6.45) is 15.8. The van der Waals surface area contributed by atoms with Gasteiger partial charge in [-0.2, -0.15) is 0 Å². The van der Waals surface area contributed by atoms with Gasteiger partial charge in [-0.3, -0.25) is 15.0 Å². The first-order valence-electron chi connectivity index (χ1n) is 23.5. The minimum Gasteiger partial charge on any atom is -0.507 e. The Morgan fingerprint density at radius 3 is 2.30 bits per heavy atom. The number of nitrogens with one attached hydrogen (secondary N) is 1. The smallest absolute Gasteiger partial charge is 0.328 e. The van der Waals surface area contributed by atoms with Crippen LogP contribution in [-0.4, -0.2) is 106 Å². The summed E-state index contributed by atoms with van der Waals surface area (Å²) in [6.45, 7) is 7.12. The van der Waals surface area contributed by atoms with Crippen LogP contribution >= 0.6 is 0 Å². The van der Waals surface area contributed by atoms with E-state index < -0.39 is 0 Å². The minimum atomic E-state index is -0.384. The Hall–Kier alpha value is -5.96. The molecule has 2 aromatic carbocycles. The topological polar surface area (TPSA) is 152 Å². The van der Waals surface area contributed by atoms with Crippen molar-refractivity contribution in [1.29, 1.82) is 0 Å². The van der Waals surface area contributed by atoms with Crippen LogP contribution in [0.5, 0.6) is 5.75 Å². The van der Waals surface area contributed by atoms with E-state index in [1.807, 2.05) is 30.3 Å². The summed E-state index contributed by atoms with van der Waals surface area (Å²) < 4.78 is 18.0. The number of carbonyl (C=O) groups excluding carboxylic acids is 2. The van der Waals surface area contributed by atoms with E-state index in [2.05, 4.69) is 58.0 Å². The van der Waals surface area contributed by atoms with Crippen molar-refractivity contribution in [3.05, 3.63) is 78.9 Å². The molecule has 4 N–H and O–H groups in total. The van der Waals surface area contributed by atoms with Crippen LogP contribution < -0.4 is 30.7 Å². The van der Waals surface area contributed by atoms with E-state index in [0.717, 1.165) is 118 Å². The second-order valence-electron chi connectivity index (χ2n) is 19.4. The Morgan fingerprint density at radius 1 is 0.781 bits per heavy atom. The van der Waals surface area contributed by atoms with Gasteiger partial charge in [0.1, 0.15) is 17.2 Å². The predicted octanol–water partition coefficient (Wildman–Crippen LogP) is 7.34. The highest BCUT2D eigenvalue weighted by Crippen LogP contribution is 2.48. The monoisotopic (exact) mass is 867 g/mol. The molecular weight excluding hydrogens is 810 g/mol. The molecule has 2 unspecified atom stereocenters. The lowest BCUT2D eigenvalue weighted by Crippen LogP contribution is -2.54. The molecule has 0 radical (unpaired) electrons. The van der Waals surface area contributed by atoms with E-state index >= 15 is 4.39 Å². The maximum absolute atomic E-state index is 15.6. The fourth-order valence-corrected chi connectivity index (χ4v) is 12.1. The molecule has 3 amide bonds. The number of halogens is 1. The number of aromatic hydroxyl groups is 1. The van der Waals surface area contributed by atoms with Crippen LogP contribution in [0.1, 0.15) is 76.7 Å². The van der Waals surface area contributed by atoms with Crippen molar-refractivity contribution < 1.29 is 19.1 Å². The van der Waals surface area contributed by atoms with Gasteiger partial charge in [-0.1, -0.05) is 12.1 Å². The molecule has 64 heavy (non-hydrogen) atoms. The zero-order chi connectivity index (χ0) is 43.5. The number of hydrogen-bond acceptors (Lipinski definition) is 11. The molecular formula is C49H58FN11O3. The van der Waals surface area contributed by atoms with Gasteiger partial charge in [0.25, 0.3) is 0 Å². The first-order valence-corrected chi connectivity index (χ1v) is 23.5. The molecule has 1 aliphatic carbocycles. The average Bonchev–Trinajstić information content (AvgIpc) is 3.85. The standard InChI is InChI=1S/C49H58FN11O3/c50-40-8-7-35(61-36-5-6-37(61)31-58(30-36)43-27-41(54-55-46(43)51)39-3-1-2-4-44(39)62)26-42(40)57-19-11-32(12-20-57)29-56-23-17-49(18-24-56)15-9-34(10-16-49)59-21-13-33-25-38(28-52-47(33)59)60-22-14-45(63)53-48(60)64/h1-4,7-8,13,21,25-28,32,34,36-37,62H,5-6,9-12,14-20,22-24,29-31H2,(H2,51,55)(H,53,63,64). The predicted molar refractivity (Wildman–Crippen MR) is 247 cm³/mol. The van der Waals surface area contributed by atoms with E-state index in [9.17, 15) is 14.7 Å². The highest BCUT2D eigenvalue weighted by molar-refractivity contribution is 6.06. The number of nitrogen functional groups attached to an aromatic ring is 1. The molecule has 1 spiro atoms. The normalized spacial score (nSPS) is 23.4. The quantitative estimate of drug-likeness (QED) is 0.144. The molecule has 6 fully saturated rings. The van der Waals surface area contributed by atoms with Gasteiger partial charge in [0.2, 0.25) is 5.91 Å². The number of para-hydroxylation sites is 1.